The number of halogens is 3. The highest BCUT2D eigenvalue weighted by molar-refractivity contribution is 6.05. The molecule has 1 aromatic heterocycles. The molecule has 0 fully saturated rings. The molecule has 0 aliphatic carbocycles. The SMILES string of the molecule is CC(=O)Nc1ccc(NC(=O)c2ccc(Cn3nnc4ccccc43)cc2)c(C(F)(F)F)c1. The fraction of sp³-hybridized carbons (Fsp3) is 0.130. The van der Waals surface area contributed by atoms with Crippen LogP contribution in [0.5, 0.6) is 0 Å². The summed E-state index contributed by atoms with van der Waals surface area (Å²) in [5.41, 5.74) is 1.19. The second-order valence-electron chi connectivity index (χ2n) is 7.33. The molecule has 2 N–H and O–H groups in total. The van der Waals surface area contributed by atoms with E-state index in [1.807, 2.05) is 24.3 Å². The van der Waals surface area contributed by atoms with Crippen molar-refractivity contribution in [3.05, 3.63) is 83.4 Å². The van der Waals surface area contributed by atoms with Crippen LogP contribution in [-0.2, 0) is 17.5 Å². The minimum absolute atomic E-state index is 0.0159. The molecule has 33 heavy (non-hydrogen) atoms. The molecule has 0 saturated carbocycles. The van der Waals surface area contributed by atoms with Gasteiger partial charge in [0.05, 0.1) is 23.3 Å². The van der Waals surface area contributed by atoms with E-state index in [0.717, 1.165) is 28.7 Å². The summed E-state index contributed by atoms with van der Waals surface area (Å²) in [4.78, 5) is 23.7. The normalized spacial score (nSPS) is 11.4. The summed E-state index contributed by atoms with van der Waals surface area (Å²) < 4.78 is 42.2. The van der Waals surface area contributed by atoms with Crippen LogP contribution in [0.4, 0.5) is 24.5 Å². The van der Waals surface area contributed by atoms with Crippen LogP contribution >= 0.6 is 0 Å². The van der Waals surface area contributed by atoms with Gasteiger partial charge in [-0.1, -0.05) is 29.5 Å². The molecule has 4 rings (SSSR count). The van der Waals surface area contributed by atoms with Gasteiger partial charge < -0.3 is 10.6 Å². The van der Waals surface area contributed by atoms with E-state index in [4.69, 9.17) is 0 Å². The van der Waals surface area contributed by atoms with Crippen molar-refractivity contribution in [3.8, 4) is 0 Å². The molecule has 4 aromatic rings. The quantitative estimate of drug-likeness (QED) is 0.458. The molecule has 168 valence electrons. The summed E-state index contributed by atoms with van der Waals surface area (Å²) >= 11 is 0. The Morgan fingerprint density at radius 1 is 0.970 bits per heavy atom. The highest BCUT2D eigenvalue weighted by atomic mass is 19.4. The maximum Gasteiger partial charge on any atom is 0.418 e. The number of nitrogens with zero attached hydrogens (tertiary/aromatic N) is 3. The van der Waals surface area contributed by atoms with Crippen LogP contribution in [0.2, 0.25) is 0 Å². The van der Waals surface area contributed by atoms with Gasteiger partial charge in [0.25, 0.3) is 5.91 Å². The first kappa shape index (κ1) is 22.0. The van der Waals surface area contributed by atoms with Crippen LogP contribution in [0.3, 0.4) is 0 Å². The Bertz CT molecular complexity index is 1330. The Hall–Kier alpha value is -4.21. The maximum absolute atomic E-state index is 13.5. The van der Waals surface area contributed by atoms with E-state index in [1.54, 1.807) is 16.8 Å². The third-order valence-electron chi connectivity index (χ3n) is 4.86. The number of alkyl halides is 3. The summed E-state index contributed by atoms with van der Waals surface area (Å²) in [5, 5.41) is 12.8. The predicted molar refractivity (Wildman–Crippen MR) is 117 cm³/mol. The summed E-state index contributed by atoms with van der Waals surface area (Å²) in [6.45, 7) is 1.61. The van der Waals surface area contributed by atoms with E-state index in [0.29, 0.717) is 6.54 Å². The fourth-order valence-corrected chi connectivity index (χ4v) is 3.33. The third kappa shape index (κ3) is 5.00. The van der Waals surface area contributed by atoms with Gasteiger partial charge in [0.1, 0.15) is 5.52 Å². The van der Waals surface area contributed by atoms with Gasteiger partial charge in [0, 0.05) is 18.2 Å². The average molecular weight is 453 g/mol. The van der Waals surface area contributed by atoms with Gasteiger partial charge in [-0.15, -0.1) is 5.10 Å². The average Bonchev–Trinajstić information content (AvgIpc) is 3.17. The molecule has 0 aliphatic rings. The number of para-hydroxylation sites is 1. The van der Waals surface area contributed by atoms with E-state index in [2.05, 4.69) is 20.9 Å². The Kier molecular flexibility index (Phi) is 5.82. The molecule has 0 spiro atoms. The molecule has 0 unspecified atom stereocenters. The number of aromatic nitrogens is 3. The van der Waals surface area contributed by atoms with E-state index >= 15 is 0 Å². The second kappa shape index (κ2) is 8.73. The van der Waals surface area contributed by atoms with E-state index in [9.17, 15) is 22.8 Å². The third-order valence-corrected chi connectivity index (χ3v) is 4.86. The van der Waals surface area contributed by atoms with Crippen LogP contribution in [0.1, 0.15) is 28.4 Å². The number of hydrogen-bond donors (Lipinski definition) is 2. The highest BCUT2D eigenvalue weighted by Crippen LogP contribution is 2.36. The number of amides is 2. The standard InChI is InChI=1S/C23H18F3N5O2/c1-14(32)27-17-10-11-19(18(12-17)23(24,25)26)28-22(33)16-8-6-15(7-9-16)13-31-21-5-3-2-4-20(21)29-30-31/h2-12H,13H2,1H3,(H,27,32)(H,28,33). The number of benzene rings is 3. The largest absolute Gasteiger partial charge is 0.418 e. The number of hydrogen-bond acceptors (Lipinski definition) is 4. The number of rotatable bonds is 5. The first-order chi connectivity index (χ1) is 15.7. The van der Waals surface area contributed by atoms with E-state index in [1.165, 1.54) is 25.1 Å². The number of anilines is 2. The van der Waals surface area contributed by atoms with Gasteiger partial charge >= 0.3 is 6.18 Å². The minimum Gasteiger partial charge on any atom is -0.326 e. The summed E-state index contributed by atoms with van der Waals surface area (Å²) in [5.74, 6) is -1.19. The fourth-order valence-electron chi connectivity index (χ4n) is 3.33. The van der Waals surface area contributed by atoms with Gasteiger partial charge in [-0.3, -0.25) is 9.59 Å². The molecular formula is C23H18F3N5O2. The van der Waals surface area contributed by atoms with Crippen molar-refractivity contribution in [2.24, 2.45) is 0 Å². The molecule has 0 radical (unpaired) electrons. The van der Waals surface area contributed by atoms with Gasteiger partial charge in [-0.25, -0.2) is 4.68 Å². The van der Waals surface area contributed by atoms with Crippen LogP contribution in [0, 0.1) is 0 Å². The molecule has 0 saturated heterocycles. The van der Waals surface area contributed by atoms with Crippen LogP contribution in [0.25, 0.3) is 11.0 Å². The zero-order chi connectivity index (χ0) is 23.6. The number of nitrogens with one attached hydrogen (secondary N) is 2. The van der Waals surface area contributed by atoms with Crippen molar-refractivity contribution >= 4 is 34.2 Å². The Labute approximate surface area is 186 Å². The molecule has 0 atom stereocenters. The summed E-state index contributed by atoms with van der Waals surface area (Å²) in [6, 6.07) is 17.1. The Balaban J connectivity index is 1.51. The number of carbonyl (C=O) groups is 2. The predicted octanol–water partition coefficient (Wildman–Crippen LogP) is 4.71. The Morgan fingerprint density at radius 2 is 1.70 bits per heavy atom. The topological polar surface area (TPSA) is 88.9 Å². The molecule has 0 bridgehead atoms. The van der Waals surface area contributed by atoms with Crippen molar-refractivity contribution in [2.75, 3.05) is 10.6 Å². The summed E-state index contributed by atoms with van der Waals surface area (Å²) in [6.07, 6.45) is -4.72. The molecule has 1 heterocycles. The van der Waals surface area contributed by atoms with Crippen LogP contribution < -0.4 is 10.6 Å². The smallest absolute Gasteiger partial charge is 0.326 e. The lowest BCUT2D eigenvalue weighted by atomic mass is 10.1. The first-order valence-corrected chi connectivity index (χ1v) is 9.88. The lowest BCUT2D eigenvalue weighted by Gasteiger charge is -2.15. The molecular weight excluding hydrogens is 435 g/mol. The van der Waals surface area contributed by atoms with Gasteiger partial charge in [0.15, 0.2) is 0 Å². The van der Waals surface area contributed by atoms with Gasteiger partial charge in [-0.2, -0.15) is 13.2 Å². The van der Waals surface area contributed by atoms with Crippen molar-refractivity contribution in [2.45, 2.75) is 19.6 Å². The van der Waals surface area contributed by atoms with Crippen molar-refractivity contribution in [1.82, 2.24) is 15.0 Å². The minimum atomic E-state index is -4.72. The number of carbonyl (C=O) groups excluding carboxylic acids is 2. The molecule has 0 aliphatic heterocycles. The van der Waals surface area contributed by atoms with Crippen LogP contribution in [0.15, 0.2) is 66.7 Å². The second-order valence-corrected chi connectivity index (χ2v) is 7.33. The van der Waals surface area contributed by atoms with Crippen molar-refractivity contribution < 1.29 is 22.8 Å². The lowest BCUT2D eigenvalue weighted by Crippen LogP contribution is -2.17. The zero-order valence-electron chi connectivity index (χ0n) is 17.3. The Morgan fingerprint density at radius 3 is 2.39 bits per heavy atom. The molecule has 7 nitrogen and oxygen atoms in total. The zero-order valence-corrected chi connectivity index (χ0v) is 17.3. The van der Waals surface area contributed by atoms with Crippen LogP contribution in [-0.4, -0.2) is 26.8 Å². The van der Waals surface area contributed by atoms with Crippen molar-refractivity contribution in [3.63, 3.8) is 0 Å². The van der Waals surface area contributed by atoms with E-state index < -0.39 is 29.2 Å². The maximum atomic E-state index is 13.5. The molecule has 10 heteroatoms. The highest BCUT2D eigenvalue weighted by Gasteiger charge is 2.34. The van der Waals surface area contributed by atoms with Gasteiger partial charge in [0.2, 0.25) is 5.91 Å². The van der Waals surface area contributed by atoms with Crippen molar-refractivity contribution in [1.29, 1.82) is 0 Å². The first-order valence-electron chi connectivity index (χ1n) is 9.88. The number of fused-ring (bicyclic) bond motifs is 1. The summed E-state index contributed by atoms with van der Waals surface area (Å²) in [7, 11) is 0. The lowest BCUT2D eigenvalue weighted by molar-refractivity contribution is -0.137. The monoisotopic (exact) mass is 453 g/mol. The van der Waals surface area contributed by atoms with E-state index in [-0.39, 0.29) is 11.3 Å². The van der Waals surface area contributed by atoms with Gasteiger partial charge in [-0.05, 0) is 48.0 Å². The molecule has 2 amide bonds. The molecule has 3 aromatic carbocycles.